The van der Waals surface area contributed by atoms with E-state index in [1.54, 1.807) is 24.3 Å². The Bertz CT molecular complexity index is 1170. The largest absolute Gasteiger partial charge is 0.403 e. The molecule has 0 atom stereocenters. The van der Waals surface area contributed by atoms with Gasteiger partial charge in [0.15, 0.2) is 0 Å². The van der Waals surface area contributed by atoms with Gasteiger partial charge in [-0.25, -0.2) is 12.8 Å². The first-order chi connectivity index (χ1) is 14.8. The molecule has 0 spiro atoms. The molecule has 2 aromatic carbocycles. The Morgan fingerprint density at radius 3 is 2.35 bits per heavy atom. The fourth-order valence-electron chi connectivity index (χ4n) is 3.41. The normalized spacial score (nSPS) is 15.7. The molecule has 0 bridgehead atoms. The number of aryl methyl sites for hydroxylation is 1. The Balaban J connectivity index is 1.35. The minimum Gasteiger partial charge on any atom is -0.403 e. The van der Waals surface area contributed by atoms with Gasteiger partial charge in [-0.3, -0.25) is 10.1 Å². The standard InChI is InChI=1S/C21H21FN4O4S/c1-14-2-8-18(9-3-14)31(28,29)26-12-10-15(11-13-26)19(27)23-21-25-24-20(30-21)16-4-6-17(22)7-5-16/h2-9,15H,10-13H2,1H3,(H,23,25,27). The van der Waals surface area contributed by atoms with Gasteiger partial charge in [-0.15, -0.1) is 5.10 Å². The lowest BCUT2D eigenvalue weighted by Gasteiger charge is -2.30. The molecule has 1 amide bonds. The lowest BCUT2D eigenvalue weighted by molar-refractivity contribution is -0.121. The molecule has 10 heteroatoms. The van der Waals surface area contributed by atoms with E-state index in [1.807, 2.05) is 6.92 Å². The Kier molecular flexibility index (Phi) is 5.84. The summed E-state index contributed by atoms with van der Waals surface area (Å²) in [7, 11) is -3.58. The van der Waals surface area contributed by atoms with E-state index in [9.17, 15) is 17.6 Å². The van der Waals surface area contributed by atoms with Gasteiger partial charge >= 0.3 is 6.01 Å². The summed E-state index contributed by atoms with van der Waals surface area (Å²) in [5, 5.41) is 10.2. The quantitative estimate of drug-likeness (QED) is 0.648. The number of nitrogens with zero attached hydrogens (tertiary/aromatic N) is 3. The Morgan fingerprint density at radius 2 is 1.71 bits per heavy atom. The van der Waals surface area contributed by atoms with Crippen molar-refractivity contribution in [1.82, 2.24) is 14.5 Å². The Hall–Kier alpha value is -3.11. The van der Waals surface area contributed by atoms with Crippen LogP contribution in [0.2, 0.25) is 0 Å². The van der Waals surface area contributed by atoms with Crippen LogP contribution in [0.5, 0.6) is 0 Å². The fourth-order valence-corrected chi connectivity index (χ4v) is 4.88. The number of hydrogen-bond donors (Lipinski definition) is 1. The Labute approximate surface area is 179 Å². The number of benzene rings is 2. The van der Waals surface area contributed by atoms with Crippen molar-refractivity contribution in [1.29, 1.82) is 0 Å². The summed E-state index contributed by atoms with van der Waals surface area (Å²) in [5.74, 6) is -0.894. The summed E-state index contributed by atoms with van der Waals surface area (Å²) in [6.07, 6.45) is 0.770. The number of carbonyl (C=O) groups excluding carboxylic acids is 1. The topological polar surface area (TPSA) is 105 Å². The third-order valence-electron chi connectivity index (χ3n) is 5.23. The van der Waals surface area contributed by atoms with Gasteiger partial charge in [0.25, 0.3) is 0 Å². The SMILES string of the molecule is Cc1ccc(S(=O)(=O)N2CCC(C(=O)Nc3nnc(-c4ccc(F)cc4)o3)CC2)cc1. The van der Waals surface area contributed by atoms with E-state index in [4.69, 9.17) is 4.42 Å². The van der Waals surface area contributed by atoms with Crippen molar-refractivity contribution in [3.8, 4) is 11.5 Å². The number of carbonyl (C=O) groups is 1. The van der Waals surface area contributed by atoms with Gasteiger partial charge in [0.05, 0.1) is 4.90 Å². The second kappa shape index (κ2) is 8.56. The fraction of sp³-hybridized carbons (Fsp3) is 0.286. The predicted octanol–water partition coefficient (Wildman–Crippen LogP) is 3.22. The van der Waals surface area contributed by atoms with E-state index in [2.05, 4.69) is 15.5 Å². The molecule has 1 N–H and O–H groups in total. The van der Waals surface area contributed by atoms with Crippen molar-refractivity contribution >= 4 is 21.9 Å². The zero-order chi connectivity index (χ0) is 22.0. The minimum atomic E-state index is -3.58. The zero-order valence-electron chi connectivity index (χ0n) is 16.8. The summed E-state index contributed by atoms with van der Waals surface area (Å²) in [4.78, 5) is 12.8. The molecule has 0 saturated carbocycles. The van der Waals surface area contributed by atoms with Gasteiger partial charge in [0.2, 0.25) is 21.8 Å². The van der Waals surface area contributed by atoms with Crippen LogP contribution in [0.25, 0.3) is 11.5 Å². The van der Waals surface area contributed by atoms with Crippen LogP contribution in [-0.4, -0.2) is 41.9 Å². The molecule has 4 rings (SSSR count). The van der Waals surface area contributed by atoms with Crippen LogP contribution in [0.1, 0.15) is 18.4 Å². The maximum absolute atomic E-state index is 13.0. The van der Waals surface area contributed by atoms with Crippen LogP contribution >= 0.6 is 0 Å². The van der Waals surface area contributed by atoms with Crippen LogP contribution in [0.15, 0.2) is 57.8 Å². The van der Waals surface area contributed by atoms with E-state index in [0.29, 0.717) is 18.4 Å². The van der Waals surface area contributed by atoms with Crippen molar-refractivity contribution in [3.63, 3.8) is 0 Å². The third kappa shape index (κ3) is 4.64. The lowest BCUT2D eigenvalue weighted by Crippen LogP contribution is -2.41. The van der Waals surface area contributed by atoms with Crippen molar-refractivity contribution < 1.29 is 22.0 Å². The molecule has 1 aliphatic rings. The van der Waals surface area contributed by atoms with Gasteiger partial charge in [-0.1, -0.05) is 22.8 Å². The van der Waals surface area contributed by atoms with Crippen molar-refractivity contribution in [2.45, 2.75) is 24.7 Å². The highest BCUT2D eigenvalue weighted by atomic mass is 32.2. The number of piperidine rings is 1. The number of sulfonamides is 1. The first kappa shape index (κ1) is 21.1. The minimum absolute atomic E-state index is 0.0565. The molecule has 8 nitrogen and oxygen atoms in total. The van der Waals surface area contributed by atoms with Gasteiger partial charge in [-0.05, 0) is 56.2 Å². The average molecular weight is 444 g/mol. The molecule has 2 heterocycles. The van der Waals surface area contributed by atoms with Gasteiger partial charge in [0, 0.05) is 24.6 Å². The van der Waals surface area contributed by atoms with Crippen molar-refractivity contribution in [2.75, 3.05) is 18.4 Å². The maximum Gasteiger partial charge on any atom is 0.322 e. The summed E-state index contributed by atoms with van der Waals surface area (Å²) in [6.45, 7) is 2.39. The molecule has 0 unspecified atom stereocenters. The van der Waals surface area contributed by atoms with Gasteiger partial charge in [0.1, 0.15) is 5.82 Å². The third-order valence-corrected chi connectivity index (χ3v) is 7.14. The molecule has 1 aliphatic heterocycles. The number of nitrogens with one attached hydrogen (secondary N) is 1. The molecular formula is C21H21FN4O4S. The number of hydrogen-bond acceptors (Lipinski definition) is 6. The van der Waals surface area contributed by atoms with Crippen LogP contribution in [0.4, 0.5) is 10.4 Å². The zero-order valence-corrected chi connectivity index (χ0v) is 17.6. The number of halogens is 1. The van der Waals surface area contributed by atoms with E-state index in [1.165, 1.54) is 28.6 Å². The van der Waals surface area contributed by atoms with Crippen LogP contribution in [-0.2, 0) is 14.8 Å². The highest BCUT2D eigenvalue weighted by molar-refractivity contribution is 7.89. The van der Waals surface area contributed by atoms with Gasteiger partial charge < -0.3 is 4.42 Å². The van der Waals surface area contributed by atoms with Crippen LogP contribution in [0, 0.1) is 18.7 Å². The van der Waals surface area contributed by atoms with Crippen LogP contribution in [0.3, 0.4) is 0 Å². The predicted molar refractivity (Wildman–Crippen MR) is 111 cm³/mol. The maximum atomic E-state index is 13.0. The second-order valence-corrected chi connectivity index (χ2v) is 9.34. The summed E-state index contributed by atoms with van der Waals surface area (Å²) >= 11 is 0. The molecule has 0 radical (unpaired) electrons. The van der Waals surface area contributed by atoms with E-state index >= 15 is 0 Å². The number of aromatic nitrogens is 2. The summed E-state index contributed by atoms with van der Waals surface area (Å²) < 4.78 is 45.5. The summed E-state index contributed by atoms with van der Waals surface area (Å²) in [6, 6.07) is 12.2. The summed E-state index contributed by atoms with van der Waals surface area (Å²) in [5.41, 5.74) is 1.52. The van der Waals surface area contributed by atoms with Crippen molar-refractivity contribution in [2.24, 2.45) is 5.92 Å². The molecule has 3 aromatic rings. The number of amides is 1. The molecule has 1 aromatic heterocycles. The molecule has 1 fully saturated rings. The molecule has 162 valence electrons. The average Bonchev–Trinajstić information content (AvgIpc) is 3.23. The molecule has 0 aliphatic carbocycles. The second-order valence-electron chi connectivity index (χ2n) is 7.40. The first-order valence-electron chi connectivity index (χ1n) is 9.80. The number of rotatable bonds is 5. The smallest absolute Gasteiger partial charge is 0.322 e. The number of anilines is 1. The first-order valence-corrected chi connectivity index (χ1v) is 11.2. The lowest BCUT2D eigenvalue weighted by atomic mass is 9.97. The molecule has 1 saturated heterocycles. The van der Waals surface area contributed by atoms with Gasteiger partial charge in [-0.2, -0.15) is 4.31 Å². The van der Waals surface area contributed by atoms with E-state index in [-0.39, 0.29) is 47.5 Å². The van der Waals surface area contributed by atoms with Crippen LogP contribution < -0.4 is 5.32 Å². The molecular weight excluding hydrogens is 423 g/mol. The monoisotopic (exact) mass is 444 g/mol. The Morgan fingerprint density at radius 1 is 1.06 bits per heavy atom. The molecule has 31 heavy (non-hydrogen) atoms. The van der Waals surface area contributed by atoms with E-state index < -0.39 is 10.0 Å². The highest BCUT2D eigenvalue weighted by Gasteiger charge is 2.32. The van der Waals surface area contributed by atoms with E-state index in [0.717, 1.165) is 5.56 Å². The highest BCUT2D eigenvalue weighted by Crippen LogP contribution is 2.26. The van der Waals surface area contributed by atoms with Crippen molar-refractivity contribution in [3.05, 3.63) is 59.9 Å².